The second-order valence-electron chi connectivity index (χ2n) is 14.3. The van der Waals surface area contributed by atoms with Crippen LogP contribution in [0.5, 0.6) is 0 Å². The summed E-state index contributed by atoms with van der Waals surface area (Å²) in [6, 6.07) is 0. The molecule has 0 saturated heterocycles. The number of hydrogen-bond donors (Lipinski definition) is 1. The van der Waals surface area contributed by atoms with Crippen LogP contribution in [0, 0.1) is 39.4 Å². The number of rotatable bonds is 7. The number of carbonyl (C=O) groups excluding carboxylic acids is 3. The number of carboxylic acid groups (broad SMARTS) is 1. The number of hydrogen-bond acceptors (Lipinski definition) is 6. The van der Waals surface area contributed by atoms with Crippen LogP contribution in [0.4, 0.5) is 0 Å². The number of carbonyl (C=O) groups is 4. The lowest BCUT2D eigenvalue weighted by Gasteiger charge is -2.60. The molecule has 0 bridgehead atoms. The van der Waals surface area contributed by atoms with Crippen LogP contribution < -0.4 is 0 Å². The Kier molecular flexibility index (Phi) is 8.03. The molecule has 0 amide bonds. The minimum Gasteiger partial charge on any atom is -0.478 e. The largest absolute Gasteiger partial charge is 0.478 e. The summed E-state index contributed by atoms with van der Waals surface area (Å²) < 4.78 is 11.9. The number of ketones is 1. The van der Waals surface area contributed by atoms with Crippen LogP contribution in [0.25, 0.3) is 0 Å². The van der Waals surface area contributed by atoms with Gasteiger partial charge in [-0.2, -0.15) is 0 Å². The summed E-state index contributed by atoms with van der Waals surface area (Å²) in [6.45, 7) is 17.5. The molecule has 0 aromatic carbocycles. The highest BCUT2D eigenvalue weighted by atomic mass is 16.5. The van der Waals surface area contributed by atoms with Crippen LogP contribution in [0.3, 0.4) is 0 Å². The van der Waals surface area contributed by atoms with Crippen LogP contribution in [0.15, 0.2) is 34.9 Å². The molecule has 4 rings (SSSR count). The van der Waals surface area contributed by atoms with E-state index in [2.05, 4.69) is 53.7 Å². The Morgan fingerprint density at radius 2 is 1.71 bits per heavy atom. The summed E-state index contributed by atoms with van der Waals surface area (Å²) in [7, 11) is 0. The molecule has 1 N–H and O–H groups in total. The van der Waals surface area contributed by atoms with Gasteiger partial charge in [0, 0.05) is 43.1 Å². The highest BCUT2D eigenvalue weighted by Crippen LogP contribution is 2.72. The van der Waals surface area contributed by atoms with Crippen LogP contribution in [0.1, 0.15) is 101 Å². The van der Waals surface area contributed by atoms with Gasteiger partial charge in [0.15, 0.2) is 0 Å². The minimum atomic E-state index is -0.997. The highest BCUT2D eigenvalue weighted by Gasteiger charge is 2.68. The first kappa shape index (κ1) is 31.2. The second kappa shape index (κ2) is 10.5. The maximum atomic E-state index is 13.0. The third-order valence-corrected chi connectivity index (χ3v) is 11.9. The predicted octanol–water partition coefficient (Wildman–Crippen LogP) is 6.61. The highest BCUT2D eigenvalue weighted by molar-refractivity contribution is 5.86. The van der Waals surface area contributed by atoms with Crippen molar-refractivity contribution >= 4 is 23.7 Å². The van der Waals surface area contributed by atoms with Crippen molar-refractivity contribution in [1.29, 1.82) is 0 Å². The first-order valence-electron chi connectivity index (χ1n) is 15.1. The predicted molar refractivity (Wildman–Crippen MR) is 156 cm³/mol. The Bertz CT molecular complexity index is 1240. The fourth-order valence-corrected chi connectivity index (χ4v) is 9.25. The molecule has 0 aliphatic heterocycles. The van der Waals surface area contributed by atoms with Crippen LogP contribution in [0.2, 0.25) is 0 Å². The first-order valence-corrected chi connectivity index (χ1v) is 15.1. The minimum absolute atomic E-state index is 0.0355. The number of fused-ring (bicyclic) bond motifs is 5. The van der Waals surface area contributed by atoms with Crippen molar-refractivity contribution in [1.82, 2.24) is 0 Å². The molecule has 0 spiro atoms. The van der Waals surface area contributed by atoms with Crippen molar-refractivity contribution in [3.05, 3.63) is 34.9 Å². The van der Waals surface area contributed by atoms with E-state index < -0.39 is 28.9 Å². The fourth-order valence-electron chi connectivity index (χ4n) is 9.25. The van der Waals surface area contributed by atoms with Gasteiger partial charge in [-0.3, -0.25) is 14.4 Å². The van der Waals surface area contributed by atoms with Gasteiger partial charge in [0.2, 0.25) is 0 Å². The Balaban J connectivity index is 1.79. The van der Waals surface area contributed by atoms with E-state index in [1.54, 1.807) is 13.0 Å². The number of Topliss-reactive ketones (excluding diaryl/α,β-unsaturated/α-hetero) is 1. The average Bonchev–Trinajstić information content (AvgIpc) is 3.10. The molecule has 0 radical (unpaired) electrons. The summed E-state index contributed by atoms with van der Waals surface area (Å²) in [6.07, 6.45) is 9.34. The lowest BCUT2D eigenvalue weighted by atomic mass is 9.44. The summed E-state index contributed by atoms with van der Waals surface area (Å²) in [5.41, 5.74) is 1.42. The number of aliphatic carboxylic acids is 1. The molecule has 8 atom stereocenters. The molecule has 7 nitrogen and oxygen atoms in total. The molecule has 0 heterocycles. The SMILES string of the molecule is CC(=O)O[C@@H](CC=C(C)C(=O)O)[C@@H](C)[C@H]1C[C@H](OC(C)=O)[C@@]2(C)C3=CC[C@H]4C(C)(C)C(=O)CC[C@]4(C)C3=CC[C@]12C. The van der Waals surface area contributed by atoms with Crippen molar-refractivity contribution < 1.29 is 33.8 Å². The average molecular weight is 569 g/mol. The molecule has 226 valence electrons. The van der Waals surface area contributed by atoms with E-state index in [1.165, 1.54) is 25.0 Å². The van der Waals surface area contributed by atoms with Gasteiger partial charge in [0.1, 0.15) is 18.0 Å². The summed E-state index contributed by atoms with van der Waals surface area (Å²) in [5, 5.41) is 9.38. The smallest absolute Gasteiger partial charge is 0.330 e. The normalized spacial score (nSPS) is 37.4. The summed E-state index contributed by atoms with van der Waals surface area (Å²) >= 11 is 0. The Labute approximate surface area is 244 Å². The van der Waals surface area contributed by atoms with Crippen LogP contribution in [-0.4, -0.2) is 41.0 Å². The molecule has 0 aromatic heterocycles. The molecule has 4 aliphatic rings. The molecule has 7 heteroatoms. The van der Waals surface area contributed by atoms with Gasteiger partial charge < -0.3 is 14.6 Å². The fraction of sp³-hybridized carbons (Fsp3) is 0.706. The zero-order valence-corrected chi connectivity index (χ0v) is 26.3. The quantitative estimate of drug-likeness (QED) is 0.272. The molecule has 4 aliphatic carbocycles. The van der Waals surface area contributed by atoms with E-state index in [-0.39, 0.29) is 46.2 Å². The number of allylic oxidation sites excluding steroid dienone is 3. The van der Waals surface area contributed by atoms with Crippen molar-refractivity contribution in [2.24, 2.45) is 39.4 Å². The van der Waals surface area contributed by atoms with Gasteiger partial charge >= 0.3 is 17.9 Å². The van der Waals surface area contributed by atoms with E-state index in [0.29, 0.717) is 25.0 Å². The summed E-state index contributed by atoms with van der Waals surface area (Å²) in [4.78, 5) is 49.0. The maximum Gasteiger partial charge on any atom is 0.330 e. The van der Waals surface area contributed by atoms with Crippen molar-refractivity contribution in [3.63, 3.8) is 0 Å². The first-order chi connectivity index (χ1) is 18.9. The topological polar surface area (TPSA) is 107 Å². The molecule has 41 heavy (non-hydrogen) atoms. The van der Waals surface area contributed by atoms with Gasteiger partial charge in [0.05, 0.1) is 0 Å². The van der Waals surface area contributed by atoms with Crippen molar-refractivity contribution in [3.8, 4) is 0 Å². The number of ether oxygens (including phenoxy) is 2. The summed E-state index contributed by atoms with van der Waals surface area (Å²) in [5.74, 6) is -1.25. The van der Waals surface area contributed by atoms with E-state index in [4.69, 9.17) is 9.47 Å². The second-order valence-corrected chi connectivity index (χ2v) is 14.3. The van der Waals surface area contributed by atoms with E-state index in [9.17, 15) is 24.3 Å². The zero-order valence-electron chi connectivity index (χ0n) is 26.3. The third-order valence-electron chi connectivity index (χ3n) is 11.9. The lowest BCUT2D eigenvalue weighted by molar-refractivity contribution is -0.153. The monoisotopic (exact) mass is 568 g/mol. The van der Waals surface area contributed by atoms with Gasteiger partial charge in [-0.25, -0.2) is 4.79 Å². The molecular formula is C34H48O7. The molecule has 2 fully saturated rings. The molecular weight excluding hydrogens is 520 g/mol. The standard InChI is InChI=1S/C34H48O7/c1-19(30(38)39)10-12-26(40-21(3)35)20(2)25-18-29(41-22(4)36)34(9)24-11-13-27-31(5,6)28(37)15-16-32(27,7)23(24)14-17-33(25,34)8/h10-11,14,20,25-27,29H,12-13,15-18H2,1-9H3,(H,38,39)/t20-,25+,26-,27-,29-,32+,33+,34+/m0/s1. The Hall–Kier alpha value is -2.70. The van der Waals surface area contributed by atoms with Gasteiger partial charge in [0.25, 0.3) is 0 Å². The van der Waals surface area contributed by atoms with Gasteiger partial charge in [-0.15, -0.1) is 0 Å². The van der Waals surface area contributed by atoms with E-state index in [1.807, 2.05) is 0 Å². The molecule has 0 aromatic rings. The Morgan fingerprint density at radius 3 is 2.29 bits per heavy atom. The molecule has 0 unspecified atom stereocenters. The van der Waals surface area contributed by atoms with Crippen molar-refractivity contribution in [2.45, 2.75) is 113 Å². The van der Waals surface area contributed by atoms with Crippen LogP contribution >= 0.6 is 0 Å². The van der Waals surface area contributed by atoms with Gasteiger partial charge in [-0.05, 0) is 72.3 Å². The number of carboxylic acids is 1. The van der Waals surface area contributed by atoms with Crippen LogP contribution in [-0.2, 0) is 28.7 Å². The lowest BCUT2D eigenvalue weighted by Crippen LogP contribution is -2.55. The maximum absolute atomic E-state index is 13.0. The van der Waals surface area contributed by atoms with Crippen molar-refractivity contribution in [2.75, 3.05) is 0 Å². The molecule has 2 saturated carbocycles. The number of esters is 2. The van der Waals surface area contributed by atoms with E-state index >= 15 is 0 Å². The van der Waals surface area contributed by atoms with Gasteiger partial charge in [-0.1, -0.05) is 59.8 Å². The Morgan fingerprint density at radius 1 is 1.05 bits per heavy atom. The third kappa shape index (κ3) is 4.81. The zero-order chi connectivity index (χ0) is 30.7. The van der Waals surface area contributed by atoms with E-state index in [0.717, 1.165) is 19.3 Å².